The minimum absolute atomic E-state index is 0.0372. The normalized spacial score (nSPS) is 20.6. The van der Waals surface area contributed by atoms with Crippen LogP contribution in [0.5, 0.6) is 0 Å². The molecule has 0 bridgehead atoms. The fourth-order valence-electron chi connectivity index (χ4n) is 5.95. The molecule has 2 aliphatic rings. The molecular formula is C30H39FN6O4S. The average molecular weight is 599 g/mol. The lowest BCUT2D eigenvalue weighted by atomic mass is 9.85. The predicted octanol–water partition coefficient (Wildman–Crippen LogP) is 3.76. The summed E-state index contributed by atoms with van der Waals surface area (Å²) in [5, 5.41) is 5.98. The van der Waals surface area contributed by atoms with Gasteiger partial charge >= 0.3 is 0 Å². The van der Waals surface area contributed by atoms with Gasteiger partial charge in [0.1, 0.15) is 5.82 Å². The first-order valence-corrected chi connectivity index (χ1v) is 16.4. The van der Waals surface area contributed by atoms with Gasteiger partial charge in [0.2, 0.25) is 21.9 Å². The summed E-state index contributed by atoms with van der Waals surface area (Å²) in [4.78, 5) is 32.8. The van der Waals surface area contributed by atoms with Gasteiger partial charge in [0, 0.05) is 56.3 Å². The standard InChI is InChI=1S/C30H39FN6O4S/c1-20(2)32-28(38)23-7-11-25(12-8-23)37-27-18-21(19-35-14-16-36(17-15-35)42(3,40)41)4-13-26(27)33-30(37)34-29(39)22-5-9-24(31)10-6-22/h4-6,9-10,13,18,20,23,25H,7-8,11-12,14-17,19H2,1-3H3,(H,32,38)(H,33,34,39). The summed E-state index contributed by atoms with van der Waals surface area (Å²) in [6.07, 6.45) is 4.24. The number of carbonyl (C=O) groups excluding carboxylic acids is 2. The van der Waals surface area contributed by atoms with Crippen molar-refractivity contribution < 1.29 is 22.4 Å². The van der Waals surface area contributed by atoms with Crippen LogP contribution in [0.25, 0.3) is 11.0 Å². The van der Waals surface area contributed by atoms with Crippen LogP contribution >= 0.6 is 0 Å². The fraction of sp³-hybridized carbons (Fsp3) is 0.500. The number of hydrogen-bond donors (Lipinski definition) is 2. The number of rotatable bonds is 8. The van der Waals surface area contributed by atoms with Gasteiger partial charge in [-0.15, -0.1) is 0 Å². The highest BCUT2D eigenvalue weighted by molar-refractivity contribution is 7.88. The number of nitrogens with zero attached hydrogens (tertiary/aromatic N) is 4. The lowest BCUT2D eigenvalue weighted by Crippen LogP contribution is -2.47. The highest BCUT2D eigenvalue weighted by Crippen LogP contribution is 2.37. The second kappa shape index (κ2) is 12.5. The molecule has 2 N–H and O–H groups in total. The summed E-state index contributed by atoms with van der Waals surface area (Å²) in [5.74, 6) is -0.324. The molecule has 5 rings (SSSR count). The van der Waals surface area contributed by atoms with E-state index >= 15 is 0 Å². The molecule has 2 fully saturated rings. The van der Waals surface area contributed by atoms with Crippen molar-refractivity contribution in [2.45, 2.75) is 58.2 Å². The van der Waals surface area contributed by atoms with Crippen molar-refractivity contribution in [2.24, 2.45) is 5.92 Å². The summed E-state index contributed by atoms with van der Waals surface area (Å²) < 4.78 is 40.8. The minimum atomic E-state index is -3.20. The molecule has 1 aromatic heterocycles. The van der Waals surface area contributed by atoms with Gasteiger partial charge in [0.05, 0.1) is 17.3 Å². The molecule has 2 amide bonds. The highest BCUT2D eigenvalue weighted by atomic mass is 32.2. The third kappa shape index (κ3) is 6.99. The third-order valence-electron chi connectivity index (χ3n) is 8.16. The topological polar surface area (TPSA) is 117 Å². The maximum atomic E-state index is 13.4. The molecule has 0 atom stereocenters. The Hall–Kier alpha value is -3.35. The van der Waals surface area contributed by atoms with E-state index < -0.39 is 15.8 Å². The van der Waals surface area contributed by atoms with Crippen LogP contribution in [0, 0.1) is 11.7 Å². The molecule has 1 saturated heterocycles. The number of halogens is 1. The van der Waals surface area contributed by atoms with E-state index in [-0.39, 0.29) is 29.8 Å². The van der Waals surface area contributed by atoms with Gasteiger partial charge in [-0.25, -0.2) is 17.8 Å². The first-order valence-electron chi connectivity index (χ1n) is 14.5. The second-order valence-electron chi connectivity index (χ2n) is 11.7. The van der Waals surface area contributed by atoms with Gasteiger partial charge in [-0.3, -0.25) is 19.8 Å². The minimum Gasteiger partial charge on any atom is -0.354 e. The Morgan fingerprint density at radius 2 is 1.67 bits per heavy atom. The summed E-state index contributed by atoms with van der Waals surface area (Å²) in [7, 11) is -3.20. The van der Waals surface area contributed by atoms with E-state index in [1.165, 1.54) is 34.8 Å². The van der Waals surface area contributed by atoms with Crippen molar-refractivity contribution in [3.8, 4) is 0 Å². The Kier molecular flexibility index (Phi) is 8.95. The number of hydrogen-bond acceptors (Lipinski definition) is 6. The first-order chi connectivity index (χ1) is 20.0. The molecule has 12 heteroatoms. The van der Waals surface area contributed by atoms with Crippen molar-refractivity contribution in [1.82, 2.24) is 24.1 Å². The number of carbonyl (C=O) groups is 2. The Morgan fingerprint density at radius 3 is 2.29 bits per heavy atom. The predicted molar refractivity (Wildman–Crippen MR) is 160 cm³/mol. The maximum absolute atomic E-state index is 13.4. The van der Waals surface area contributed by atoms with Crippen LogP contribution in [0.15, 0.2) is 42.5 Å². The lowest BCUT2D eigenvalue weighted by molar-refractivity contribution is -0.126. The Morgan fingerprint density at radius 1 is 1.00 bits per heavy atom. The molecule has 2 heterocycles. The largest absolute Gasteiger partial charge is 0.354 e. The molecule has 2 aromatic carbocycles. The number of fused-ring (bicyclic) bond motifs is 1. The van der Waals surface area contributed by atoms with Crippen molar-refractivity contribution in [1.29, 1.82) is 0 Å². The zero-order chi connectivity index (χ0) is 30.0. The van der Waals surface area contributed by atoms with Gasteiger partial charge in [0.25, 0.3) is 5.91 Å². The monoisotopic (exact) mass is 598 g/mol. The van der Waals surface area contributed by atoms with Crippen LogP contribution < -0.4 is 10.6 Å². The molecule has 3 aromatic rings. The van der Waals surface area contributed by atoms with Crippen LogP contribution in [0.2, 0.25) is 0 Å². The van der Waals surface area contributed by atoms with Gasteiger partial charge in [-0.05, 0) is 81.5 Å². The van der Waals surface area contributed by atoms with E-state index in [4.69, 9.17) is 4.98 Å². The number of imidazole rings is 1. The SMILES string of the molecule is CC(C)NC(=O)C1CCC(n2c(NC(=O)c3ccc(F)cc3)nc3ccc(CN4CCN(S(C)(=O)=O)CC4)cc32)CC1. The van der Waals surface area contributed by atoms with Crippen molar-refractivity contribution >= 4 is 38.8 Å². The molecule has 0 unspecified atom stereocenters. The van der Waals surface area contributed by atoms with Crippen LogP contribution in [0.1, 0.15) is 61.5 Å². The molecule has 10 nitrogen and oxygen atoms in total. The smallest absolute Gasteiger partial charge is 0.257 e. The van der Waals surface area contributed by atoms with E-state index in [2.05, 4.69) is 26.2 Å². The Labute approximate surface area is 246 Å². The van der Waals surface area contributed by atoms with Crippen molar-refractivity contribution in [3.63, 3.8) is 0 Å². The highest BCUT2D eigenvalue weighted by Gasteiger charge is 2.30. The Balaban J connectivity index is 1.40. The summed E-state index contributed by atoms with van der Waals surface area (Å²) in [6.45, 7) is 6.80. The molecule has 1 aliphatic heterocycles. The molecule has 226 valence electrons. The van der Waals surface area contributed by atoms with Crippen molar-refractivity contribution in [2.75, 3.05) is 37.8 Å². The molecular weight excluding hydrogens is 559 g/mol. The Bertz CT molecular complexity index is 1540. The second-order valence-corrected chi connectivity index (χ2v) is 13.7. The van der Waals surface area contributed by atoms with E-state index in [1.54, 1.807) is 0 Å². The van der Waals surface area contributed by atoms with Crippen LogP contribution in [0.4, 0.5) is 10.3 Å². The number of nitrogens with one attached hydrogen (secondary N) is 2. The van der Waals surface area contributed by atoms with E-state index in [0.717, 1.165) is 42.3 Å². The zero-order valence-electron chi connectivity index (χ0n) is 24.3. The zero-order valence-corrected chi connectivity index (χ0v) is 25.2. The number of amides is 2. The maximum Gasteiger partial charge on any atom is 0.257 e. The number of sulfonamides is 1. The van der Waals surface area contributed by atoms with Crippen LogP contribution in [-0.2, 0) is 21.4 Å². The van der Waals surface area contributed by atoms with Gasteiger partial charge in [0.15, 0.2) is 0 Å². The summed E-state index contributed by atoms with van der Waals surface area (Å²) >= 11 is 0. The van der Waals surface area contributed by atoms with E-state index in [9.17, 15) is 22.4 Å². The average Bonchev–Trinajstić information content (AvgIpc) is 3.30. The van der Waals surface area contributed by atoms with Crippen molar-refractivity contribution in [3.05, 3.63) is 59.4 Å². The number of benzene rings is 2. The number of anilines is 1. The first kappa shape index (κ1) is 30.1. The van der Waals surface area contributed by atoms with Gasteiger partial charge in [-0.2, -0.15) is 4.31 Å². The molecule has 1 saturated carbocycles. The van der Waals surface area contributed by atoms with Gasteiger partial charge in [-0.1, -0.05) is 6.07 Å². The summed E-state index contributed by atoms with van der Waals surface area (Å²) in [6, 6.07) is 11.6. The van der Waals surface area contributed by atoms with E-state index in [0.29, 0.717) is 44.2 Å². The molecule has 1 aliphatic carbocycles. The number of piperazine rings is 1. The van der Waals surface area contributed by atoms with Gasteiger partial charge < -0.3 is 9.88 Å². The quantitative estimate of drug-likeness (QED) is 0.408. The van der Waals surface area contributed by atoms with E-state index in [1.807, 2.05) is 26.0 Å². The molecule has 0 spiro atoms. The van der Waals surface area contributed by atoms with Crippen LogP contribution in [0.3, 0.4) is 0 Å². The lowest BCUT2D eigenvalue weighted by Gasteiger charge is -2.33. The fourth-order valence-corrected chi connectivity index (χ4v) is 6.77. The number of aromatic nitrogens is 2. The third-order valence-corrected chi connectivity index (χ3v) is 9.46. The molecule has 42 heavy (non-hydrogen) atoms. The molecule has 0 radical (unpaired) electrons. The summed E-state index contributed by atoms with van der Waals surface area (Å²) in [5.41, 5.74) is 3.04. The van der Waals surface area contributed by atoms with Crippen LogP contribution in [-0.4, -0.2) is 77.5 Å².